The normalized spacial score (nSPS) is 12.6. The first-order valence-electron chi connectivity index (χ1n) is 28.3. The second-order valence-electron chi connectivity index (χ2n) is 18.6. The molecular weight excluding hydrogens is 930 g/mol. The Kier molecular flexibility index (Phi) is 54.0. The number of esters is 2. The fraction of sp³-hybridized carbons (Fsp3) is 0.909. The molecule has 0 aliphatic carbocycles. The van der Waals surface area contributed by atoms with Gasteiger partial charge in [-0.15, -0.1) is 6.42 Å². The summed E-state index contributed by atoms with van der Waals surface area (Å²) < 4.78 is 60.7. The molecule has 0 aromatic carbocycles. The van der Waals surface area contributed by atoms with E-state index in [-0.39, 0.29) is 58.1 Å². The molecule has 1 amide bonds. The van der Waals surface area contributed by atoms with E-state index in [2.05, 4.69) is 25.1 Å². The minimum Gasteiger partial charge on any atom is -0.462 e. The van der Waals surface area contributed by atoms with Gasteiger partial charge < -0.3 is 43.4 Å². The molecule has 16 heteroatoms. The fourth-order valence-electron chi connectivity index (χ4n) is 7.73. The van der Waals surface area contributed by atoms with E-state index in [1.54, 1.807) is 0 Å². The molecule has 0 bridgehead atoms. The number of rotatable bonds is 58. The van der Waals surface area contributed by atoms with Crippen molar-refractivity contribution in [2.75, 3.05) is 92.4 Å². The van der Waals surface area contributed by atoms with Crippen molar-refractivity contribution in [3.05, 3.63) is 0 Å². The summed E-state index contributed by atoms with van der Waals surface area (Å²) in [5.74, 6) is 1.16. The summed E-state index contributed by atoms with van der Waals surface area (Å²) in [4.78, 5) is 48.0. The number of amides is 1. The molecule has 418 valence electrons. The average Bonchev–Trinajstić information content (AvgIpc) is 3.36. The summed E-state index contributed by atoms with van der Waals surface area (Å²) in [5.41, 5.74) is 0. The van der Waals surface area contributed by atoms with Crippen molar-refractivity contribution in [2.45, 2.75) is 232 Å². The number of ether oxygens (including phenoxy) is 7. The molecule has 0 aliphatic rings. The highest BCUT2D eigenvalue weighted by molar-refractivity contribution is 7.47. The molecule has 71 heavy (non-hydrogen) atoms. The van der Waals surface area contributed by atoms with Gasteiger partial charge in [-0.05, 0) is 12.8 Å². The predicted octanol–water partition coefficient (Wildman–Crippen LogP) is 12.3. The van der Waals surface area contributed by atoms with Crippen molar-refractivity contribution in [2.24, 2.45) is 0 Å². The first kappa shape index (κ1) is 68.9. The van der Waals surface area contributed by atoms with Crippen LogP contribution in [0.15, 0.2) is 0 Å². The second kappa shape index (κ2) is 55.6. The molecule has 2 atom stereocenters. The average molecular weight is 1030 g/mol. The molecule has 0 heterocycles. The van der Waals surface area contributed by atoms with E-state index in [1.807, 2.05) is 0 Å². The molecular formula is C55H104NO14P. The lowest BCUT2D eigenvalue weighted by atomic mass is 10.0. The number of terminal acetylenes is 1. The first-order valence-corrected chi connectivity index (χ1v) is 29.8. The lowest BCUT2D eigenvalue weighted by Gasteiger charge is -2.20. The van der Waals surface area contributed by atoms with Gasteiger partial charge in [0.15, 0.2) is 6.10 Å². The molecule has 0 saturated carbocycles. The van der Waals surface area contributed by atoms with Crippen molar-refractivity contribution in [3.8, 4) is 12.3 Å². The van der Waals surface area contributed by atoms with Crippen molar-refractivity contribution in [3.63, 3.8) is 0 Å². The summed E-state index contributed by atoms with van der Waals surface area (Å²) in [5, 5.41) is 2.60. The molecule has 0 spiro atoms. The Hall–Kier alpha value is -2.12. The zero-order valence-corrected chi connectivity index (χ0v) is 46.0. The molecule has 0 fully saturated rings. The highest BCUT2D eigenvalue weighted by Crippen LogP contribution is 2.43. The van der Waals surface area contributed by atoms with E-state index in [0.717, 1.165) is 38.5 Å². The van der Waals surface area contributed by atoms with Crippen LogP contribution in [-0.2, 0) is 61.2 Å². The van der Waals surface area contributed by atoms with Crippen molar-refractivity contribution in [1.29, 1.82) is 0 Å². The third-order valence-corrected chi connectivity index (χ3v) is 12.9. The second-order valence-corrected chi connectivity index (χ2v) is 20.1. The van der Waals surface area contributed by atoms with E-state index in [1.165, 1.54) is 141 Å². The van der Waals surface area contributed by atoms with E-state index >= 15 is 0 Å². The van der Waals surface area contributed by atoms with E-state index in [9.17, 15) is 23.8 Å². The monoisotopic (exact) mass is 1030 g/mol. The maximum atomic E-state index is 12.8. The van der Waals surface area contributed by atoms with Crippen LogP contribution in [0.25, 0.3) is 0 Å². The van der Waals surface area contributed by atoms with Gasteiger partial charge in [-0.3, -0.25) is 23.4 Å². The molecule has 2 N–H and O–H groups in total. The number of hydrogen-bond acceptors (Lipinski definition) is 13. The number of carbonyl (C=O) groups excluding carboxylic acids is 3. The van der Waals surface area contributed by atoms with Gasteiger partial charge in [0.25, 0.3) is 0 Å². The number of phosphoric acid groups is 1. The van der Waals surface area contributed by atoms with Gasteiger partial charge in [-0.25, -0.2) is 4.57 Å². The van der Waals surface area contributed by atoms with Crippen LogP contribution in [0.2, 0.25) is 0 Å². The SMILES string of the molecule is C#CCOCCOCCOCCOCCOCCC(=O)NCCOP(=O)(O)OC[C@@H](COC(=O)CCCCCCCCCCCCCCCCC)OC(=O)CCCCCCCCCCCCCCCCC. The van der Waals surface area contributed by atoms with Crippen LogP contribution in [-0.4, -0.2) is 121 Å². The molecule has 0 aromatic heterocycles. The lowest BCUT2D eigenvalue weighted by Crippen LogP contribution is -2.30. The van der Waals surface area contributed by atoms with Gasteiger partial charge in [-0.2, -0.15) is 0 Å². The van der Waals surface area contributed by atoms with Gasteiger partial charge >= 0.3 is 19.8 Å². The summed E-state index contributed by atoms with van der Waals surface area (Å²) in [6.45, 7) is 7.01. The molecule has 0 aromatic rings. The fourth-order valence-corrected chi connectivity index (χ4v) is 8.48. The quantitative estimate of drug-likeness (QED) is 0.0254. The van der Waals surface area contributed by atoms with Crippen LogP contribution in [0.1, 0.15) is 226 Å². The molecule has 0 aliphatic heterocycles. The van der Waals surface area contributed by atoms with Gasteiger partial charge in [0.2, 0.25) is 5.91 Å². The first-order chi connectivity index (χ1) is 34.7. The van der Waals surface area contributed by atoms with E-state index in [4.69, 9.17) is 48.6 Å². The standard InChI is InChI=1S/C55H104NO14P/c1-4-7-9-11-13-15-17-19-21-23-25-27-29-31-33-35-54(58)67-50-52(70-55(59)36-34-32-30-28-26-24-22-20-18-16-14-12-10-8-5-2)51-69-71(60,61)68-41-38-56-53(57)37-40-63-43-45-65-47-49-66-48-46-64-44-42-62-39-6-3/h3,52H,4-5,7-51H2,1-2H3,(H,56,57)(H,60,61)/t52-/m1/s1. The Balaban J connectivity index is 4.44. The van der Waals surface area contributed by atoms with Gasteiger partial charge in [0.05, 0.1) is 72.7 Å². The summed E-state index contributed by atoms with van der Waals surface area (Å²) in [6.07, 6.45) is 41.2. The van der Waals surface area contributed by atoms with Crippen LogP contribution in [0.4, 0.5) is 0 Å². The smallest absolute Gasteiger partial charge is 0.462 e. The molecule has 0 saturated heterocycles. The molecule has 0 rings (SSSR count). The van der Waals surface area contributed by atoms with E-state index in [0.29, 0.717) is 65.7 Å². The summed E-state index contributed by atoms with van der Waals surface area (Å²) in [6, 6.07) is 0. The number of phosphoric ester groups is 1. The van der Waals surface area contributed by atoms with Gasteiger partial charge in [0.1, 0.15) is 13.2 Å². The summed E-state index contributed by atoms with van der Waals surface area (Å²) in [7, 11) is -4.60. The van der Waals surface area contributed by atoms with Crippen LogP contribution < -0.4 is 5.32 Å². The third-order valence-electron chi connectivity index (χ3n) is 11.9. The summed E-state index contributed by atoms with van der Waals surface area (Å²) >= 11 is 0. The van der Waals surface area contributed by atoms with Crippen LogP contribution in [0, 0.1) is 12.3 Å². The van der Waals surface area contributed by atoms with Crippen molar-refractivity contribution in [1.82, 2.24) is 5.32 Å². The molecule has 1 unspecified atom stereocenters. The van der Waals surface area contributed by atoms with Crippen molar-refractivity contribution >= 4 is 25.7 Å². The van der Waals surface area contributed by atoms with Crippen LogP contribution >= 0.6 is 7.82 Å². The minimum atomic E-state index is -4.60. The number of hydrogen-bond donors (Lipinski definition) is 2. The minimum absolute atomic E-state index is 0.0466. The maximum Gasteiger partial charge on any atom is 0.472 e. The Morgan fingerprint density at radius 2 is 0.831 bits per heavy atom. The van der Waals surface area contributed by atoms with Crippen LogP contribution in [0.5, 0.6) is 0 Å². The van der Waals surface area contributed by atoms with Gasteiger partial charge in [-0.1, -0.05) is 200 Å². The number of carbonyl (C=O) groups is 3. The van der Waals surface area contributed by atoms with Crippen molar-refractivity contribution < 1.29 is 66.0 Å². The highest BCUT2D eigenvalue weighted by Gasteiger charge is 2.26. The Labute approximate surface area is 432 Å². The predicted molar refractivity (Wildman–Crippen MR) is 282 cm³/mol. The number of unbranched alkanes of at least 4 members (excludes halogenated alkanes) is 28. The topological polar surface area (TPSA) is 184 Å². The Bertz CT molecular complexity index is 1270. The Morgan fingerprint density at radius 1 is 0.465 bits per heavy atom. The Morgan fingerprint density at radius 3 is 1.24 bits per heavy atom. The lowest BCUT2D eigenvalue weighted by molar-refractivity contribution is -0.161. The van der Waals surface area contributed by atoms with Gasteiger partial charge in [0, 0.05) is 25.8 Å². The van der Waals surface area contributed by atoms with E-state index < -0.39 is 32.5 Å². The zero-order chi connectivity index (χ0) is 51.8. The van der Waals surface area contributed by atoms with Crippen LogP contribution in [0.3, 0.4) is 0 Å². The maximum absolute atomic E-state index is 12.8. The molecule has 0 radical (unpaired) electrons. The molecule has 15 nitrogen and oxygen atoms in total. The number of nitrogens with one attached hydrogen (secondary N) is 1. The highest BCUT2D eigenvalue weighted by atomic mass is 31.2. The third kappa shape index (κ3) is 55.5. The largest absolute Gasteiger partial charge is 0.472 e. The zero-order valence-electron chi connectivity index (χ0n) is 45.1.